The number of hydrogen-bond donors (Lipinski definition) is 1. The van der Waals surface area contributed by atoms with Crippen molar-refractivity contribution in [1.29, 1.82) is 0 Å². The van der Waals surface area contributed by atoms with E-state index in [1.807, 2.05) is 0 Å². The number of carbonyl (C=O) groups is 1. The Bertz CT molecular complexity index is 418. The minimum atomic E-state index is 0.0805. The van der Waals surface area contributed by atoms with Crippen LogP contribution in [0.25, 0.3) is 0 Å². The first-order valence-corrected chi connectivity index (χ1v) is 9.94. The molecule has 2 atom stereocenters. The van der Waals surface area contributed by atoms with Gasteiger partial charge in [-0.2, -0.15) is 0 Å². The molecule has 4 rings (SSSR count). The van der Waals surface area contributed by atoms with E-state index < -0.39 is 0 Å². The van der Waals surface area contributed by atoms with Crippen LogP contribution >= 0.6 is 0 Å². The molecular weight excluding hydrogens is 288 g/mol. The van der Waals surface area contributed by atoms with Gasteiger partial charge in [-0.1, -0.05) is 19.3 Å². The fourth-order valence-corrected chi connectivity index (χ4v) is 5.09. The predicted molar refractivity (Wildman–Crippen MR) is 90.3 cm³/mol. The van der Waals surface area contributed by atoms with Gasteiger partial charge in [-0.3, -0.25) is 9.69 Å². The molecule has 1 spiro atoms. The standard InChI is InChI=1S/C19H32N2O2/c22-18(17(15-6-7-15)21-11-4-5-12-21)20-16-8-13-23-19(14-16)9-2-1-3-10-19/h15-17H,1-14H2,(H,20,22)/t16-,17-/m1/s1. The van der Waals surface area contributed by atoms with Crippen LogP contribution in [0.1, 0.15) is 70.6 Å². The Morgan fingerprint density at radius 2 is 1.78 bits per heavy atom. The summed E-state index contributed by atoms with van der Waals surface area (Å²) in [4.78, 5) is 15.4. The number of nitrogens with one attached hydrogen (secondary N) is 1. The van der Waals surface area contributed by atoms with Crippen molar-refractivity contribution < 1.29 is 9.53 Å². The molecule has 2 saturated heterocycles. The molecule has 2 aliphatic heterocycles. The summed E-state index contributed by atoms with van der Waals surface area (Å²) in [6, 6.07) is 0.487. The normalized spacial score (nSPS) is 32.8. The van der Waals surface area contributed by atoms with Gasteiger partial charge < -0.3 is 10.1 Å². The molecule has 0 unspecified atom stereocenters. The minimum Gasteiger partial charge on any atom is -0.375 e. The van der Waals surface area contributed by atoms with Gasteiger partial charge in [0.15, 0.2) is 0 Å². The molecule has 2 saturated carbocycles. The van der Waals surface area contributed by atoms with E-state index in [0.717, 1.165) is 32.5 Å². The van der Waals surface area contributed by atoms with Crippen molar-refractivity contribution in [3.05, 3.63) is 0 Å². The highest BCUT2D eigenvalue weighted by Crippen LogP contribution is 2.39. The van der Waals surface area contributed by atoms with Gasteiger partial charge in [0.05, 0.1) is 11.6 Å². The fourth-order valence-electron chi connectivity index (χ4n) is 5.09. The lowest BCUT2D eigenvalue weighted by atomic mass is 9.78. The third-order valence-corrected chi connectivity index (χ3v) is 6.48. The maximum Gasteiger partial charge on any atom is 0.237 e. The molecule has 0 bridgehead atoms. The van der Waals surface area contributed by atoms with Gasteiger partial charge in [0.1, 0.15) is 0 Å². The Labute approximate surface area is 140 Å². The molecule has 0 aromatic rings. The van der Waals surface area contributed by atoms with Crippen molar-refractivity contribution >= 4 is 5.91 Å². The number of rotatable bonds is 4. The fraction of sp³-hybridized carbons (Fsp3) is 0.947. The maximum atomic E-state index is 13.0. The molecule has 130 valence electrons. The summed E-state index contributed by atoms with van der Waals surface area (Å²) in [5.74, 6) is 0.934. The van der Waals surface area contributed by atoms with Crippen molar-refractivity contribution in [2.75, 3.05) is 19.7 Å². The highest BCUT2D eigenvalue weighted by atomic mass is 16.5. The summed E-state index contributed by atoms with van der Waals surface area (Å²) >= 11 is 0. The number of hydrogen-bond acceptors (Lipinski definition) is 3. The molecule has 4 heteroatoms. The van der Waals surface area contributed by atoms with Crippen molar-refractivity contribution in [2.45, 2.75) is 88.3 Å². The lowest BCUT2D eigenvalue weighted by Crippen LogP contribution is -2.54. The SMILES string of the molecule is O=C(N[C@@H]1CCOC2(CCCCC2)C1)[C@@H](C1CC1)N1CCCC1. The first-order valence-electron chi connectivity index (χ1n) is 9.94. The van der Waals surface area contributed by atoms with E-state index in [1.165, 1.54) is 57.8 Å². The quantitative estimate of drug-likeness (QED) is 0.866. The molecule has 4 fully saturated rings. The Morgan fingerprint density at radius 1 is 1.04 bits per heavy atom. The third kappa shape index (κ3) is 3.58. The van der Waals surface area contributed by atoms with Crippen molar-refractivity contribution in [3.63, 3.8) is 0 Å². The lowest BCUT2D eigenvalue weighted by molar-refractivity contribution is -0.133. The molecule has 4 nitrogen and oxygen atoms in total. The number of amides is 1. The molecular formula is C19H32N2O2. The topological polar surface area (TPSA) is 41.6 Å². The highest BCUT2D eigenvalue weighted by molar-refractivity contribution is 5.82. The van der Waals surface area contributed by atoms with Gasteiger partial charge in [-0.05, 0) is 70.4 Å². The summed E-state index contributed by atoms with van der Waals surface area (Å²) < 4.78 is 6.18. The highest BCUT2D eigenvalue weighted by Gasteiger charge is 2.43. The predicted octanol–water partition coefficient (Wildman–Crippen LogP) is 2.86. The molecule has 0 radical (unpaired) electrons. The van der Waals surface area contributed by atoms with E-state index in [0.29, 0.717) is 17.9 Å². The van der Waals surface area contributed by atoms with Crippen LogP contribution in [0.2, 0.25) is 0 Å². The van der Waals surface area contributed by atoms with Gasteiger partial charge in [0, 0.05) is 12.6 Å². The lowest BCUT2D eigenvalue weighted by Gasteiger charge is -2.44. The molecule has 1 N–H and O–H groups in total. The zero-order valence-corrected chi connectivity index (χ0v) is 14.4. The second-order valence-electron chi connectivity index (χ2n) is 8.32. The monoisotopic (exact) mass is 320 g/mol. The molecule has 0 aromatic heterocycles. The average molecular weight is 320 g/mol. The molecule has 0 aromatic carbocycles. The van der Waals surface area contributed by atoms with Gasteiger partial charge >= 0.3 is 0 Å². The van der Waals surface area contributed by atoms with Gasteiger partial charge in [0.2, 0.25) is 5.91 Å². The molecule has 2 heterocycles. The minimum absolute atomic E-state index is 0.0805. The Kier molecular flexibility index (Phi) is 4.64. The average Bonchev–Trinajstić information content (AvgIpc) is 3.22. The van der Waals surface area contributed by atoms with Crippen LogP contribution in [0.5, 0.6) is 0 Å². The van der Waals surface area contributed by atoms with Crippen molar-refractivity contribution in [3.8, 4) is 0 Å². The van der Waals surface area contributed by atoms with E-state index >= 15 is 0 Å². The van der Waals surface area contributed by atoms with Crippen LogP contribution in [0.4, 0.5) is 0 Å². The van der Waals surface area contributed by atoms with Crippen LogP contribution in [0, 0.1) is 5.92 Å². The summed E-state index contributed by atoms with van der Waals surface area (Å²) in [6.45, 7) is 3.06. The van der Waals surface area contributed by atoms with Crippen molar-refractivity contribution in [1.82, 2.24) is 10.2 Å². The second kappa shape index (κ2) is 6.72. The zero-order valence-electron chi connectivity index (χ0n) is 14.4. The first-order chi connectivity index (χ1) is 11.3. The van der Waals surface area contributed by atoms with Crippen LogP contribution in [-0.2, 0) is 9.53 Å². The van der Waals surface area contributed by atoms with Gasteiger partial charge in [-0.15, -0.1) is 0 Å². The Morgan fingerprint density at radius 3 is 2.48 bits per heavy atom. The number of carbonyl (C=O) groups excluding carboxylic acids is 1. The summed E-state index contributed by atoms with van der Waals surface area (Å²) in [5, 5.41) is 3.43. The van der Waals surface area contributed by atoms with Gasteiger partial charge in [-0.25, -0.2) is 0 Å². The van der Waals surface area contributed by atoms with Crippen LogP contribution < -0.4 is 5.32 Å². The number of ether oxygens (including phenoxy) is 1. The van der Waals surface area contributed by atoms with E-state index in [4.69, 9.17) is 4.74 Å². The zero-order chi connectivity index (χ0) is 15.7. The molecule has 23 heavy (non-hydrogen) atoms. The Hall–Kier alpha value is -0.610. The smallest absolute Gasteiger partial charge is 0.237 e. The molecule has 1 amide bonds. The second-order valence-corrected chi connectivity index (χ2v) is 8.32. The van der Waals surface area contributed by atoms with Crippen LogP contribution in [-0.4, -0.2) is 48.2 Å². The van der Waals surface area contributed by atoms with Crippen LogP contribution in [0.3, 0.4) is 0 Å². The summed E-state index contributed by atoms with van der Waals surface area (Å²) in [5.41, 5.74) is 0.0805. The summed E-state index contributed by atoms with van der Waals surface area (Å²) in [7, 11) is 0. The first kappa shape index (κ1) is 15.9. The Balaban J connectivity index is 1.37. The molecule has 2 aliphatic carbocycles. The van der Waals surface area contributed by atoms with E-state index in [9.17, 15) is 4.79 Å². The maximum absolute atomic E-state index is 13.0. The molecule has 4 aliphatic rings. The van der Waals surface area contributed by atoms with Gasteiger partial charge in [0.25, 0.3) is 0 Å². The largest absolute Gasteiger partial charge is 0.375 e. The van der Waals surface area contributed by atoms with E-state index in [2.05, 4.69) is 10.2 Å². The van der Waals surface area contributed by atoms with E-state index in [1.54, 1.807) is 0 Å². The number of likely N-dealkylation sites (tertiary alicyclic amines) is 1. The summed E-state index contributed by atoms with van der Waals surface area (Å²) in [6.07, 6.45) is 13.3. The number of nitrogens with zero attached hydrogens (tertiary/aromatic N) is 1. The van der Waals surface area contributed by atoms with Crippen LogP contribution in [0.15, 0.2) is 0 Å². The van der Waals surface area contributed by atoms with E-state index in [-0.39, 0.29) is 11.6 Å². The third-order valence-electron chi connectivity index (χ3n) is 6.48. The van der Waals surface area contributed by atoms with Crippen molar-refractivity contribution in [2.24, 2.45) is 5.92 Å².